The van der Waals surface area contributed by atoms with Gasteiger partial charge in [0.25, 0.3) is 0 Å². The van der Waals surface area contributed by atoms with E-state index in [2.05, 4.69) is 4.37 Å². The van der Waals surface area contributed by atoms with Crippen molar-refractivity contribution in [2.75, 3.05) is 29.5 Å². The third-order valence-corrected chi connectivity index (χ3v) is 6.15. The molecule has 1 fully saturated rings. The van der Waals surface area contributed by atoms with Crippen molar-refractivity contribution in [3.05, 3.63) is 0 Å². The highest BCUT2D eigenvalue weighted by atomic mass is 32.2. The van der Waals surface area contributed by atoms with Gasteiger partial charge < -0.3 is 15.7 Å². The predicted octanol–water partition coefficient (Wildman–Crippen LogP) is 0.870. The lowest BCUT2D eigenvalue weighted by molar-refractivity contribution is 0.154. The summed E-state index contributed by atoms with van der Waals surface area (Å²) in [4.78, 5) is 2.03. The molecule has 108 valence electrons. The van der Waals surface area contributed by atoms with Gasteiger partial charge in [-0.25, -0.2) is 8.42 Å². The van der Waals surface area contributed by atoms with Crippen molar-refractivity contribution in [2.24, 2.45) is 0 Å². The largest absolute Gasteiger partial charge is 0.391 e. The van der Waals surface area contributed by atoms with Crippen LogP contribution in [0.2, 0.25) is 0 Å². The van der Waals surface area contributed by atoms with E-state index in [1.165, 1.54) is 0 Å². The Balaban J connectivity index is 2.37. The molecule has 19 heavy (non-hydrogen) atoms. The summed E-state index contributed by atoms with van der Waals surface area (Å²) in [6.07, 6.45) is 1.71. The van der Waals surface area contributed by atoms with Crippen molar-refractivity contribution < 1.29 is 13.5 Å². The van der Waals surface area contributed by atoms with Crippen LogP contribution in [0.1, 0.15) is 26.2 Å². The minimum absolute atomic E-state index is 0.0685. The van der Waals surface area contributed by atoms with E-state index in [9.17, 15) is 13.5 Å². The third-order valence-electron chi connectivity index (χ3n) is 3.12. The van der Waals surface area contributed by atoms with E-state index in [0.717, 1.165) is 30.9 Å². The Kier molecular flexibility index (Phi) is 4.32. The number of sulfone groups is 1. The standard InChI is InChI=1S/C11H19N3O3S2/c1-2-6-19(16,17)9-10(12)13-18-11(9)14-5-3-4-8(15)7-14/h8,15H,2-7H2,1H3,(H2,12,13). The SMILES string of the molecule is CCCS(=O)(=O)c1c(N)nsc1N1CCCC(O)C1. The monoisotopic (exact) mass is 305 g/mol. The zero-order valence-electron chi connectivity index (χ0n) is 10.9. The zero-order chi connectivity index (χ0) is 14.0. The smallest absolute Gasteiger partial charge is 0.185 e. The maximum Gasteiger partial charge on any atom is 0.185 e. The number of nitrogen functional groups attached to an aromatic ring is 1. The number of aromatic nitrogens is 1. The van der Waals surface area contributed by atoms with Crippen molar-refractivity contribution in [3.8, 4) is 0 Å². The van der Waals surface area contributed by atoms with E-state index >= 15 is 0 Å². The van der Waals surface area contributed by atoms with E-state index in [4.69, 9.17) is 5.73 Å². The van der Waals surface area contributed by atoms with Gasteiger partial charge in [0.2, 0.25) is 0 Å². The lowest BCUT2D eigenvalue weighted by atomic mass is 10.1. The van der Waals surface area contributed by atoms with E-state index in [-0.39, 0.29) is 16.5 Å². The quantitative estimate of drug-likeness (QED) is 0.857. The summed E-state index contributed by atoms with van der Waals surface area (Å²) in [5.74, 6) is 0.146. The van der Waals surface area contributed by atoms with Gasteiger partial charge in [-0.2, -0.15) is 4.37 Å². The van der Waals surface area contributed by atoms with Gasteiger partial charge in [0.1, 0.15) is 9.90 Å². The Hall–Kier alpha value is -0.860. The molecule has 2 heterocycles. The summed E-state index contributed by atoms with van der Waals surface area (Å²) < 4.78 is 28.5. The van der Waals surface area contributed by atoms with Gasteiger partial charge in [-0.3, -0.25) is 0 Å². The summed E-state index contributed by atoms with van der Waals surface area (Å²) in [5, 5.41) is 10.3. The molecule has 0 bridgehead atoms. The van der Waals surface area contributed by atoms with Crippen LogP contribution in [0.4, 0.5) is 10.8 Å². The molecule has 6 nitrogen and oxygen atoms in total. The average molecular weight is 305 g/mol. The summed E-state index contributed by atoms with van der Waals surface area (Å²) in [6.45, 7) is 2.99. The fraction of sp³-hybridized carbons (Fsp3) is 0.727. The van der Waals surface area contributed by atoms with E-state index in [1.807, 2.05) is 11.8 Å². The Morgan fingerprint density at radius 1 is 1.58 bits per heavy atom. The molecular weight excluding hydrogens is 286 g/mol. The van der Waals surface area contributed by atoms with Gasteiger partial charge in [-0.05, 0) is 30.8 Å². The first-order chi connectivity index (χ1) is 8.95. The van der Waals surface area contributed by atoms with Crippen LogP contribution in [0.15, 0.2) is 4.90 Å². The van der Waals surface area contributed by atoms with Crippen molar-refractivity contribution >= 4 is 32.2 Å². The molecule has 1 aliphatic heterocycles. The van der Waals surface area contributed by atoms with Crippen LogP contribution < -0.4 is 10.6 Å². The van der Waals surface area contributed by atoms with Crippen LogP contribution in [0.3, 0.4) is 0 Å². The second-order valence-corrected chi connectivity index (χ2v) is 7.56. The number of nitrogens with two attached hydrogens (primary N) is 1. The normalized spacial score (nSPS) is 20.7. The number of rotatable bonds is 4. The van der Waals surface area contributed by atoms with E-state index < -0.39 is 15.9 Å². The van der Waals surface area contributed by atoms with Gasteiger partial charge >= 0.3 is 0 Å². The first-order valence-corrected chi connectivity index (χ1v) is 8.79. The summed E-state index contributed by atoms with van der Waals surface area (Å²) in [7, 11) is -3.40. The number of piperidine rings is 1. The van der Waals surface area contributed by atoms with Crippen LogP contribution in [0, 0.1) is 0 Å². The van der Waals surface area contributed by atoms with Gasteiger partial charge in [-0.15, -0.1) is 0 Å². The number of hydrogen-bond donors (Lipinski definition) is 2. The molecule has 0 amide bonds. The average Bonchev–Trinajstić information content (AvgIpc) is 2.72. The molecule has 3 N–H and O–H groups in total. The maximum atomic E-state index is 12.3. The van der Waals surface area contributed by atoms with Crippen molar-refractivity contribution in [3.63, 3.8) is 0 Å². The van der Waals surface area contributed by atoms with E-state index in [1.54, 1.807) is 0 Å². The lowest BCUT2D eigenvalue weighted by Gasteiger charge is -2.31. The zero-order valence-corrected chi connectivity index (χ0v) is 12.5. The Morgan fingerprint density at radius 2 is 2.32 bits per heavy atom. The molecule has 0 radical (unpaired) electrons. The molecule has 1 aromatic rings. The molecule has 1 aromatic heterocycles. The summed E-state index contributed by atoms with van der Waals surface area (Å²) in [6, 6.07) is 0. The van der Waals surface area contributed by atoms with Gasteiger partial charge in [-0.1, -0.05) is 6.92 Å². The van der Waals surface area contributed by atoms with Crippen LogP contribution in [-0.2, 0) is 9.84 Å². The number of aliphatic hydroxyl groups excluding tert-OH is 1. The molecule has 1 aliphatic rings. The fourth-order valence-corrected chi connectivity index (χ4v) is 5.08. The molecule has 0 spiro atoms. The van der Waals surface area contributed by atoms with Crippen LogP contribution in [-0.4, -0.2) is 42.8 Å². The van der Waals surface area contributed by atoms with Crippen molar-refractivity contribution in [1.29, 1.82) is 0 Å². The van der Waals surface area contributed by atoms with Gasteiger partial charge in [0, 0.05) is 13.1 Å². The third kappa shape index (κ3) is 3.01. The molecule has 2 rings (SSSR count). The number of nitrogens with zero attached hydrogens (tertiary/aromatic N) is 2. The molecule has 8 heteroatoms. The molecule has 1 atom stereocenters. The maximum absolute atomic E-state index is 12.3. The topological polar surface area (TPSA) is 96.5 Å². The Morgan fingerprint density at radius 3 is 2.95 bits per heavy atom. The Labute approximate surface area is 117 Å². The number of aliphatic hydroxyl groups is 1. The Bertz CT molecular complexity index is 541. The summed E-state index contributed by atoms with van der Waals surface area (Å²) >= 11 is 1.10. The minimum atomic E-state index is -3.40. The highest BCUT2D eigenvalue weighted by Crippen LogP contribution is 2.36. The minimum Gasteiger partial charge on any atom is -0.391 e. The van der Waals surface area contributed by atoms with Gasteiger partial charge in [0.15, 0.2) is 15.7 Å². The fourth-order valence-electron chi connectivity index (χ4n) is 2.29. The van der Waals surface area contributed by atoms with E-state index in [0.29, 0.717) is 18.0 Å². The summed E-state index contributed by atoms with van der Waals surface area (Å²) in [5.41, 5.74) is 5.73. The second-order valence-electron chi connectivity index (χ2n) is 4.76. The molecule has 0 aliphatic carbocycles. The number of anilines is 2. The van der Waals surface area contributed by atoms with Gasteiger partial charge in [0.05, 0.1) is 11.9 Å². The lowest BCUT2D eigenvalue weighted by Crippen LogP contribution is -2.38. The second kappa shape index (κ2) is 5.64. The molecule has 1 saturated heterocycles. The van der Waals surface area contributed by atoms with Crippen LogP contribution in [0.5, 0.6) is 0 Å². The highest BCUT2D eigenvalue weighted by molar-refractivity contribution is 7.91. The van der Waals surface area contributed by atoms with Crippen LogP contribution >= 0.6 is 11.5 Å². The molecule has 1 unspecified atom stereocenters. The first-order valence-electron chi connectivity index (χ1n) is 6.36. The first kappa shape index (κ1) is 14.5. The predicted molar refractivity (Wildman–Crippen MR) is 76.3 cm³/mol. The molecule has 0 aromatic carbocycles. The molecular formula is C11H19N3O3S2. The molecule has 0 saturated carbocycles. The highest BCUT2D eigenvalue weighted by Gasteiger charge is 2.30. The number of hydrogen-bond acceptors (Lipinski definition) is 7. The van der Waals surface area contributed by atoms with Crippen molar-refractivity contribution in [2.45, 2.75) is 37.2 Å². The van der Waals surface area contributed by atoms with Crippen LogP contribution in [0.25, 0.3) is 0 Å². The van der Waals surface area contributed by atoms with Crippen molar-refractivity contribution in [1.82, 2.24) is 4.37 Å². The number of β-amino-alcohol motifs (C(OH)–C–C–N with tert-alkyl or cyclic N) is 1.